The van der Waals surface area contributed by atoms with Gasteiger partial charge in [0.25, 0.3) is 0 Å². The van der Waals surface area contributed by atoms with Crippen molar-refractivity contribution in [3.05, 3.63) is 65.7 Å². The maximum Gasteiger partial charge on any atom is 0.227 e. The highest BCUT2D eigenvalue weighted by molar-refractivity contribution is 5.79. The first-order valence-corrected chi connectivity index (χ1v) is 7.83. The first-order chi connectivity index (χ1) is 11.2. The van der Waals surface area contributed by atoms with Gasteiger partial charge in [-0.05, 0) is 36.2 Å². The van der Waals surface area contributed by atoms with E-state index in [1.807, 2.05) is 47.4 Å². The molecule has 1 aliphatic rings. The number of rotatable bonds is 4. The van der Waals surface area contributed by atoms with Crippen LogP contribution in [0.25, 0.3) is 0 Å². The SMILES string of the molecule is N#Cc1ccc(CC(=O)N2CCC(Nc3ccccc3)C2)cc1. The summed E-state index contributed by atoms with van der Waals surface area (Å²) in [5.74, 6) is 0.145. The second-order valence-electron chi connectivity index (χ2n) is 5.82. The molecular weight excluding hydrogens is 286 g/mol. The first kappa shape index (κ1) is 15.1. The lowest BCUT2D eigenvalue weighted by molar-refractivity contribution is -0.129. The van der Waals surface area contributed by atoms with Crippen molar-refractivity contribution in [1.82, 2.24) is 4.90 Å². The summed E-state index contributed by atoms with van der Waals surface area (Å²) < 4.78 is 0. The van der Waals surface area contributed by atoms with Gasteiger partial charge in [0, 0.05) is 24.8 Å². The Hall–Kier alpha value is -2.80. The van der Waals surface area contributed by atoms with Crippen molar-refractivity contribution in [3.63, 3.8) is 0 Å². The smallest absolute Gasteiger partial charge is 0.227 e. The lowest BCUT2D eigenvalue weighted by Crippen LogP contribution is -2.32. The number of amides is 1. The van der Waals surface area contributed by atoms with Gasteiger partial charge in [0.1, 0.15) is 0 Å². The highest BCUT2D eigenvalue weighted by atomic mass is 16.2. The van der Waals surface area contributed by atoms with Crippen molar-refractivity contribution in [1.29, 1.82) is 5.26 Å². The fourth-order valence-electron chi connectivity index (χ4n) is 2.86. The van der Waals surface area contributed by atoms with Gasteiger partial charge in [0.15, 0.2) is 0 Å². The summed E-state index contributed by atoms with van der Waals surface area (Å²) >= 11 is 0. The van der Waals surface area contributed by atoms with Gasteiger partial charge in [-0.15, -0.1) is 0 Å². The number of carbonyl (C=O) groups is 1. The molecule has 1 unspecified atom stereocenters. The normalized spacial score (nSPS) is 16.8. The molecule has 0 saturated carbocycles. The Morgan fingerprint density at radius 1 is 1.17 bits per heavy atom. The Kier molecular flexibility index (Phi) is 4.58. The fraction of sp³-hybridized carbons (Fsp3) is 0.263. The summed E-state index contributed by atoms with van der Waals surface area (Å²) in [6, 6.07) is 19.7. The van der Waals surface area contributed by atoms with Crippen LogP contribution in [-0.2, 0) is 11.2 Å². The molecule has 4 heteroatoms. The second kappa shape index (κ2) is 6.97. The van der Waals surface area contributed by atoms with E-state index in [9.17, 15) is 4.79 Å². The second-order valence-corrected chi connectivity index (χ2v) is 5.82. The number of hydrogen-bond donors (Lipinski definition) is 1. The summed E-state index contributed by atoms with van der Waals surface area (Å²) in [6.07, 6.45) is 1.36. The molecule has 2 aromatic rings. The number of nitrogens with zero attached hydrogens (tertiary/aromatic N) is 2. The van der Waals surface area contributed by atoms with Crippen LogP contribution >= 0.6 is 0 Å². The molecule has 3 rings (SSSR count). The van der Waals surface area contributed by atoms with Crippen molar-refractivity contribution in [2.24, 2.45) is 0 Å². The molecule has 1 atom stereocenters. The van der Waals surface area contributed by atoms with Crippen LogP contribution in [0.3, 0.4) is 0 Å². The van der Waals surface area contributed by atoms with E-state index in [1.54, 1.807) is 12.1 Å². The highest BCUT2D eigenvalue weighted by Crippen LogP contribution is 2.17. The molecule has 1 aliphatic heterocycles. The molecule has 0 radical (unpaired) electrons. The summed E-state index contributed by atoms with van der Waals surface area (Å²) in [6.45, 7) is 1.53. The average molecular weight is 305 g/mol. The quantitative estimate of drug-likeness (QED) is 0.945. The molecule has 2 aromatic carbocycles. The lowest BCUT2D eigenvalue weighted by Gasteiger charge is -2.18. The zero-order chi connectivity index (χ0) is 16.1. The molecule has 1 heterocycles. The van der Waals surface area contributed by atoms with Gasteiger partial charge in [-0.1, -0.05) is 30.3 Å². The summed E-state index contributed by atoms with van der Waals surface area (Å²) in [7, 11) is 0. The van der Waals surface area contributed by atoms with Crippen LogP contribution in [0, 0.1) is 11.3 Å². The molecule has 0 aliphatic carbocycles. The van der Waals surface area contributed by atoms with E-state index in [0.29, 0.717) is 18.0 Å². The minimum absolute atomic E-state index is 0.145. The van der Waals surface area contributed by atoms with Crippen molar-refractivity contribution in [3.8, 4) is 6.07 Å². The van der Waals surface area contributed by atoms with Crippen LogP contribution in [0.1, 0.15) is 17.5 Å². The van der Waals surface area contributed by atoms with Crippen LogP contribution in [0.15, 0.2) is 54.6 Å². The zero-order valence-corrected chi connectivity index (χ0v) is 12.9. The Labute approximate surface area is 136 Å². The third kappa shape index (κ3) is 3.89. The molecule has 0 spiro atoms. The van der Waals surface area contributed by atoms with E-state index in [-0.39, 0.29) is 5.91 Å². The number of nitrogens with one attached hydrogen (secondary N) is 1. The number of carbonyl (C=O) groups excluding carboxylic acids is 1. The van der Waals surface area contributed by atoms with E-state index in [4.69, 9.17) is 5.26 Å². The molecule has 4 nitrogen and oxygen atoms in total. The van der Waals surface area contributed by atoms with Gasteiger partial charge in [-0.3, -0.25) is 4.79 Å². The number of likely N-dealkylation sites (tertiary alicyclic amines) is 1. The van der Waals surface area contributed by atoms with Crippen LogP contribution in [0.2, 0.25) is 0 Å². The van der Waals surface area contributed by atoms with Crippen LogP contribution < -0.4 is 5.32 Å². The van der Waals surface area contributed by atoms with E-state index >= 15 is 0 Å². The Balaban J connectivity index is 1.53. The predicted molar refractivity (Wildman–Crippen MR) is 89.9 cm³/mol. The molecule has 23 heavy (non-hydrogen) atoms. The Morgan fingerprint density at radius 2 is 1.91 bits per heavy atom. The molecule has 1 saturated heterocycles. The summed E-state index contributed by atoms with van der Waals surface area (Å²) in [5.41, 5.74) is 2.67. The first-order valence-electron chi connectivity index (χ1n) is 7.83. The van der Waals surface area contributed by atoms with Crippen molar-refractivity contribution in [2.45, 2.75) is 18.9 Å². The zero-order valence-electron chi connectivity index (χ0n) is 12.9. The van der Waals surface area contributed by atoms with Gasteiger partial charge in [-0.2, -0.15) is 5.26 Å². The Bertz CT molecular complexity index is 704. The number of anilines is 1. The molecule has 1 N–H and O–H groups in total. The standard InChI is InChI=1S/C19H19N3O/c20-13-16-8-6-15(7-9-16)12-19(23)22-11-10-18(14-22)21-17-4-2-1-3-5-17/h1-9,18,21H,10-12,14H2. The van der Waals surface area contributed by atoms with E-state index in [0.717, 1.165) is 30.8 Å². The minimum Gasteiger partial charge on any atom is -0.380 e. The maximum absolute atomic E-state index is 12.4. The average Bonchev–Trinajstić information content (AvgIpc) is 3.05. The number of hydrogen-bond acceptors (Lipinski definition) is 3. The van der Waals surface area contributed by atoms with Gasteiger partial charge in [-0.25, -0.2) is 0 Å². The molecule has 1 fully saturated rings. The molecule has 0 bridgehead atoms. The van der Waals surface area contributed by atoms with Crippen molar-refractivity contribution < 1.29 is 4.79 Å². The topological polar surface area (TPSA) is 56.1 Å². The number of benzene rings is 2. The van der Waals surface area contributed by atoms with Gasteiger partial charge in [0.05, 0.1) is 18.1 Å². The highest BCUT2D eigenvalue weighted by Gasteiger charge is 2.25. The van der Waals surface area contributed by atoms with Gasteiger partial charge < -0.3 is 10.2 Å². The van der Waals surface area contributed by atoms with Crippen LogP contribution in [0.5, 0.6) is 0 Å². The Morgan fingerprint density at radius 3 is 2.61 bits per heavy atom. The predicted octanol–water partition coefficient (Wildman–Crippen LogP) is 2.81. The van der Waals surface area contributed by atoms with Gasteiger partial charge in [0.2, 0.25) is 5.91 Å². The fourth-order valence-corrected chi connectivity index (χ4v) is 2.86. The monoisotopic (exact) mass is 305 g/mol. The van der Waals surface area contributed by atoms with E-state index < -0.39 is 0 Å². The summed E-state index contributed by atoms with van der Waals surface area (Å²) in [5, 5.41) is 12.3. The molecule has 0 aromatic heterocycles. The lowest BCUT2D eigenvalue weighted by atomic mass is 10.1. The molecular formula is C19H19N3O. The third-order valence-corrected chi connectivity index (χ3v) is 4.12. The largest absolute Gasteiger partial charge is 0.380 e. The third-order valence-electron chi connectivity index (χ3n) is 4.12. The number of para-hydroxylation sites is 1. The van der Waals surface area contributed by atoms with Crippen LogP contribution in [0.4, 0.5) is 5.69 Å². The van der Waals surface area contributed by atoms with E-state index in [2.05, 4.69) is 11.4 Å². The van der Waals surface area contributed by atoms with Gasteiger partial charge >= 0.3 is 0 Å². The van der Waals surface area contributed by atoms with Crippen LogP contribution in [-0.4, -0.2) is 29.9 Å². The number of nitriles is 1. The van der Waals surface area contributed by atoms with Crippen molar-refractivity contribution >= 4 is 11.6 Å². The van der Waals surface area contributed by atoms with Crippen molar-refractivity contribution in [2.75, 3.05) is 18.4 Å². The molecule has 116 valence electrons. The maximum atomic E-state index is 12.4. The van der Waals surface area contributed by atoms with E-state index in [1.165, 1.54) is 0 Å². The minimum atomic E-state index is 0.145. The summed E-state index contributed by atoms with van der Waals surface area (Å²) in [4.78, 5) is 14.3. The molecule has 1 amide bonds.